The smallest absolute Gasteiger partial charge is 0.266 e. The second-order valence-corrected chi connectivity index (χ2v) is 7.64. The summed E-state index contributed by atoms with van der Waals surface area (Å²) in [6.07, 6.45) is 4.57. The van der Waals surface area contributed by atoms with E-state index in [0.717, 1.165) is 30.0 Å². The fraction of sp³-hybridized carbons (Fsp3) is 0.417. The lowest BCUT2D eigenvalue weighted by molar-refractivity contribution is -0.698. The van der Waals surface area contributed by atoms with Crippen molar-refractivity contribution in [2.45, 2.75) is 59.4 Å². The van der Waals surface area contributed by atoms with E-state index in [0.29, 0.717) is 5.39 Å². The summed E-state index contributed by atoms with van der Waals surface area (Å²) in [7, 11) is 0. The van der Waals surface area contributed by atoms with E-state index in [2.05, 4.69) is 45.1 Å². The molecular formula is C24H32N3O+. The van der Waals surface area contributed by atoms with Gasteiger partial charge in [-0.1, -0.05) is 38.5 Å². The van der Waals surface area contributed by atoms with Gasteiger partial charge in [-0.15, -0.1) is 0 Å². The Bertz CT molecular complexity index is 1010. The lowest BCUT2D eigenvalue weighted by atomic mass is 10.1. The Balaban J connectivity index is 2.16. The van der Waals surface area contributed by atoms with Crippen molar-refractivity contribution >= 4 is 10.9 Å². The third-order valence-electron chi connectivity index (χ3n) is 5.58. The summed E-state index contributed by atoms with van der Waals surface area (Å²) in [6, 6.07) is 14.0. The topological polar surface area (TPSA) is 51.5 Å². The Kier molecular flexibility index (Phi) is 6.63. The third kappa shape index (κ3) is 4.17. The van der Waals surface area contributed by atoms with Crippen molar-refractivity contribution in [3.05, 3.63) is 69.8 Å². The molecule has 0 radical (unpaired) electrons. The Morgan fingerprint density at radius 3 is 2.54 bits per heavy atom. The van der Waals surface area contributed by atoms with Crippen LogP contribution in [0.5, 0.6) is 0 Å². The van der Waals surface area contributed by atoms with Gasteiger partial charge < -0.3 is 5.32 Å². The van der Waals surface area contributed by atoms with Crippen molar-refractivity contribution in [1.29, 1.82) is 0 Å². The Hall–Kier alpha value is -2.46. The second-order valence-electron chi connectivity index (χ2n) is 7.64. The van der Waals surface area contributed by atoms with Gasteiger partial charge in [-0.25, -0.2) is 4.98 Å². The zero-order valence-corrected chi connectivity index (χ0v) is 17.5. The van der Waals surface area contributed by atoms with Crippen LogP contribution < -0.4 is 10.9 Å². The molecule has 2 aromatic carbocycles. The molecule has 28 heavy (non-hydrogen) atoms. The molecule has 0 amide bonds. The molecule has 3 aromatic rings. The summed E-state index contributed by atoms with van der Waals surface area (Å²) in [5, 5.41) is 3.02. The number of hydrogen-bond donors (Lipinski definition) is 1. The summed E-state index contributed by atoms with van der Waals surface area (Å²) >= 11 is 0. The minimum Gasteiger partial charge on any atom is -0.338 e. The maximum atomic E-state index is 13.5. The van der Waals surface area contributed by atoms with Gasteiger partial charge in [-0.2, -0.15) is 0 Å². The van der Waals surface area contributed by atoms with E-state index in [4.69, 9.17) is 4.98 Å². The molecule has 0 unspecified atom stereocenters. The summed E-state index contributed by atoms with van der Waals surface area (Å²) in [6.45, 7) is 9.64. The normalized spacial score (nSPS) is 12.4. The zero-order chi connectivity index (χ0) is 20.1. The molecule has 148 valence electrons. The molecule has 0 fully saturated rings. The maximum Gasteiger partial charge on any atom is 0.266 e. The molecule has 0 aliphatic heterocycles. The van der Waals surface area contributed by atoms with Crippen molar-refractivity contribution in [2.75, 3.05) is 6.54 Å². The van der Waals surface area contributed by atoms with Crippen LogP contribution in [-0.4, -0.2) is 16.1 Å². The summed E-state index contributed by atoms with van der Waals surface area (Å²) < 4.78 is 1.83. The van der Waals surface area contributed by atoms with Gasteiger partial charge in [0.25, 0.3) is 5.56 Å². The molecule has 1 aromatic heterocycles. The summed E-state index contributed by atoms with van der Waals surface area (Å²) in [5.41, 5.74) is 4.11. The molecule has 0 aliphatic carbocycles. The highest BCUT2D eigenvalue weighted by molar-refractivity contribution is 5.77. The number of quaternary nitrogens is 1. The van der Waals surface area contributed by atoms with Gasteiger partial charge in [0.2, 0.25) is 0 Å². The van der Waals surface area contributed by atoms with Crippen molar-refractivity contribution in [2.24, 2.45) is 0 Å². The lowest BCUT2D eigenvalue weighted by Crippen LogP contribution is -2.85. The van der Waals surface area contributed by atoms with Gasteiger partial charge in [0.05, 0.1) is 23.1 Å². The van der Waals surface area contributed by atoms with Crippen LogP contribution in [-0.2, 0) is 0 Å². The Morgan fingerprint density at radius 2 is 1.82 bits per heavy atom. The monoisotopic (exact) mass is 378 g/mol. The molecule has 0 aliphatic rings. The number of nitrogens with two attached hydrogens (primary N) is 1. The average molecular weight is 379 g/mol. The largest absolute Gasteiger partial charge is 0.338 e. The minimum atomic E-state index is 0.0178. The van der Waals surface area contributed by atoms with Gasteiger partial charge in [0, 0.05) is 6.42 Å². The Labute approximate surface area is 167 Å². The first-order chi connectivity index (χ1) is 13.6. The lowest BCUT2D eigenvalue weighted by Gasteiger charge is -2.20. The molecule has 0 saturated carbocycles. The molecule has 1 heterocycles. The van der Waals surface area contributed by atoms with Crippen LogP contribution in [0.2, 0.25) is 0 Å². The number of aryl methyl sites for hydroxylation is 2. The van der Waals surface area contributed by atoms with Gasteiger partial charge in [0.1, 0.15) is 6.04 Å². The number of unbranched alkanes of at least 4 members (excludes halogenated alkanes) is 2. The van der Waals surface area contributed by atoms with Crippen LogP contribution in [0, 0.1) is 13.8 Å². The van der Waals surface area contributed by atoms with E-state index in [1.54, 1.807) is 0 Å². The van der Waals surface area contributed by atoms with Crippen molar-refractivity contribution in [1.82, 2.24) is 9.55 Å². The quantitative estimate of drug-likeness (QED) is 0.597. The van der Waals surface area contributed by atoms with Gasteiger partial charge in [0.15, 0.2) is 5.82 Å². The summed E-state index contributed by atoms with van der Waals surface area (Å²) in [5.74, 6) is 0.853. The maximum absolute atomic E-state index is 13.5. The number of para-hydroxylation sites is 1. The number of benzene rings is 2. The SMILES string of the molecule is CCCCC[NH2+][C@@H](CC)c1nc2ccccc2c(=O)n1-c1ccc(C)c(C)c1. The zero-order valence-electron chi connectivity index (χ0n) is 17.5. The Morgan fingerprint density at radius 1 is 1.04 bits per heavy atom. The van der Waals surface area contributed by atoms with E-state index in [1.807, 2.05) is 34.9 Å². The number of hydrogen-bond acceptors (Lipinski definition) is 2. The molecule has 1 atom stereocenters. The number of aromatic nitrogens is 2. The predicted octanol–water partition coefficient (Wildman–Crippen LogP) is 4.21. The van der Waals surface area contributed by atoms with Crippen LogP contribution in [0.1, 0.15) is 62.5 Å². The van der Waals surface area contributed by atoms with Gasteiger partial charge >= 0.3 is 0 Å². The second kappa shape index (κ2) is 9.16. The average Bonchev–Trinajstić information content (AvgIpc) is 2.70. The number of nitrogens with zero attached hydrogens (tertiary/aromatic N) is 2. The van der Waals surface area contributed by atoms with Crippen LogP contribution in [0.25, 0.3) is 16.6 Å². The van der Waals surface area contributed by atoms with Crippen molar-refractivity contribution < 1.29 is 5.32 Å². The number of rotatable bonds is 8. The van der Waals surface area contributed by atoms with E-state index in [1.165, 1.54) is 30.4 Å². The molecule has 4 heteroatoms. The van der Waals surface area contributed by atoms with Crippen LogP contribution in [0.15, 0.2) is 47.3 Å². The molecule has 0 bridgehead atoms. The van der Waals surface area contributed by atoms with E-state index >= 15 is 0 Å². The minimum absolute atomic E-state index is 0.0178. The highest BCUT2D eigenvalue weighted by Gasteiger charge is 2.22. The number of fused-ring (bicyclic) bond motifs is 1. The van der Waals surface area contributed by atoms with E-state index in [-0.39, 0.29) is 11.6 Å². The van der Waals surface area contributed by atoms with Crippen LogP contribution in [0.3, 0.4) is 0 Å². The molecule has 3 rings (SSSR count). The molecule has 4 nitrogen and oxygen atoms in total. The van der Waals surface area contributed by atoms with Crippen molar-refractivity contribution in [3.63, 3.8) is 0 Å². The summed E-state index contributed by atoms with van der Waals surface area (Å²) in [4.78, 5) is 18.4. The van der Waals surface area contributed by atoms with Crippen LogP contribution >= 0.6 is 0 Å². The first-order valence-corrected chi connectivity index (χ1v) is 10.5. The third-order valence-corrected chi connectivity index (χ3v) is 5.58. The van der Waals surface area contributed by atoms with Gasteiger partial charge in [-0.3, -0.25) is 9.36 Å². The van der Waals surface area contributed by atoms with Gasteiger partial charge in [-0.05, 0) is 62.1 Å². The van der Waals surface area contributed by atoms with Crippen LogP contribution in [0.4, 0.5) is 0 Å². The first-order valence-electron chi connectivity index (χ1n) is 10.5. The standard InChI is InChI=1S/C24H31N3O/c1-5-7-10-15-25-21(6-2)23-26-22-12-9-8-11-20(22)24(28)27(23)19-14-13-17(3)18(4)16-19/h8-9,11-14,16,21,25H,5-7,10,15H2,1-4H3/p+1/t21-/m0/s1. The first kappa shape index (κ1) is 20.3. The van der Waals surface area contributed by atoms with E-state index in [9.17, 15) is 4.79 Å². The van der Waals surface area contributed by atoms with E-state index < -0.39 is 0 Å². The predicted molar refractivity (Wildman–Crippen MR) is 116 cm³/mol. The molecule has 2 N–H and O–H groups in total. The highest BCUT2D eigenvalue weighted by Crippen LogP contribution is 2.20. The van der Waals surface area contributed by atoms with Crippen molar-refractivity contribution in [3.8, 4) is 5.69 Å². The highest BCUT2D eigenvalue weighted by atomic mass is 16.1. The molecule has 0 saturated heterocycles. The molecular weight excluding hydrogens is 346 g/mol. The fourth-order valence-electron chi connectivity index (χ4n) is 3.68. The fourth-order valence-corrected chi connectivity index (χ4v) is 3.68. The molecule has 0 spiro atoms.